The molecule has 0 radical (unpaired) electrons. The second kappa shape index (κ2) is 11.5. The summed E-state index contributed by atoms with van der Waals surface area (Å²) in [5, 5.41) is 38.6. The molecule has 2 fully saturated rings. The number of hydrogen-bond acceptors (Lipinski definition) is 8. The Kier molecular flexibility index (Phi) is 9.73. The van der Waals surface area contributed by atoms with Crippen LogP contribution >= 0.6 is 0 Å². The maximum absolute atomic E-state index is 10.0. The zero-order valence-electron chi connectivity index (χ0n) is 15.5. The lowest BCUT2D eigenvalue weighted by molar-refractivity contribution is -0.204. The van der Waals surface area contributed by atoms with Gasteiger partial charge in [0.25, 0.3) is 0 Å². The fourth-order valence-electron chi connectivity index (χ4n) is 3.26. The molecule has 4 N–H and O–H groups in total. The maximum atomic E-state index is 10.0. The van der Waals surface area contributed by atoms with E-state index in [4.69, 9.17) is 24.1 Å². The van der Waals surface area contributed by atoms with Crippen molar-refractivity contribution in [3.63, 3.8) is 0 Å². The molecule has 0 bridgehead atoms. The minimum Gasteiger partial charge on any atom is -0.394 e. The van der Waals surface area contributed by atoms with Crippen LogP contribution in [-0.4, -0.2) is 83.3 Å². The van der Waals surface area contributed by atoms with Crippen molar-refractivity contribution in [1.82, 2.24) is 0 Å². The van der Waals surface area contributed by atoms with E-state index in [-0.39, 0.29) is 12.7 Å². The molecule has 2 saturated heterocycles. The first-order valence-corrected chi connectivity index (χ1v) is 9.76. The first-order valence-electron chi connectivity index (χ1n) is 9.76. The van der Waals surface area contributed by atoms with E-state index in [0.717, 1.165) is 12.8 Å². The molecule has 8 nitrogen and oxygen atoms in total. The van der Waals surface area contributed by atoms with Crippen LogP contribution in [0.4, 0.5) is 0 Å². The highest BCUT2D eigenvalue weighted by Crippen LogP contribution is 2.26. The van der Waals surface area contributed by atoms with Gasteiger partial charge < -0.3 is 39.4 Å². The van der Waals surface area contributed by atoms with Crippen molar-refractivity contribution in [2.45, 2.75) is 95.0 Å². The van der Waals surface area contributed by atoms with E-state index >= 15 is 0 Å². The van der Waals surface area contributed by atoms with Gasteiger partial charge in [0.05, 0.1) is 19.3 Å². The van der Waals surface area contributed by atoms with Crippen molar-refractivity contribution in [3.05, 3.63) is 0 Å². The van der Waals surface area contributed by atoms with E-state index in [0.29, 0.717) is 13.0 Å². The summed E-state index contributed by atoms with van der Waals surface area (Å²) >= 11 is 0. The minimum absolute atomic E-state index is 0.0978. The maximum Gasteiger partial charge on any atom is 0.186 e. The fourth-order valence-corrected chi connectivity index (χ4v) is 3.26. The number of aliphatic hydroxyl groups is 4. The van der Waals surface area contributed by atoms with Gasteiger partial charge >= 0.3 is 0 Å². The quantitative estimate of drug-likeness (QED) is 0.358. The van der Waals surface area contributed by atoms with Crippen molar-refractivity contribution < 1.29 is 39.4 Å². The van der Waals surface area contributed by atoms with Gasteiger partial charge in [-0.3, -0.25) is 0 Å². The number of aliphatic hydroxyl groups excluding tert-OH is 4. The molecule has 2 heterocycles. The van der Waals surface area contributed by atoms with Crippen LogP contribution in [0.2, 0.25) is 0 Å². The molecular weight excluding hydrogens is 344 g/mol. The van der Waals surface area contributed by atoms with Gasteiger partial charge in [0.1, 0.15) is 24.4 Å². The number of rotatable bonds is 12. The largest absolute Gasteiger partial charge is 0.394 e. The standard InChI is InChI=1S/C18H34O8/c1-2-3-4-5-6-7-8-23-17-13(20)9-12(25-17)11-24-18-16(22)15(21)14(10-19)26-18/h12-22H,2-11H2,1H3/t12-,13-,14+,15+,16-,17-,18-/m0/s1. The molecule has 7 atom stereocenters. The Labute approximate surface area is 155 Å². The second-order valence-electron chi connectivity index (χ2n) is 7.11. The van der Waals surface area contributed by atoms with Crippen LogP contribution in [0.1, 0.15) is 51.9 Å². The van der Waals surface area contributed by atoms with Crippen molar-refractivity contribution in [1.29, 1.82) is 0 Å². The van der Waals surface area contributed by atoms with Gasteiger partial charge in [-0.2, -0.15) is 0 Å². The van der Waals surface area contributed by atoms with E-state index in [1.165, 1.54) is 25.7 Å². The third kappa shape index (κ3) is 6.38. The molecule has 0 aromatic rings. The summed E-state index contributed by atoms with van der Waals surface area (Å²) < 4.78 is 22.0. The Morgan fingerprint density at radius 1 is 0.885 bits per heavy atom. The Bertz CT molecular complexity index is 382. The van der Waals surface area contributed by atoms with Gasteiger partial charge in [-0.1, -0.05) is 39.0 Å². The zero-order valence-corrected chi connectivity index (χ0v) is 15.5. The fraction of sp³-hybridized carbons (Fsp3) is 1.00. The van der Waals surface area contributed by atoms with Crippen LogP contribution in [-0.2, 0) is 18.9 Å². The Hall–Kier alpha value is -0.320. The van der Waals surface area contributed by atoms with E-state index in [1.54, 1.807) is 0 Å². The number of hydrogen-bond donors (Lipinski definition) is 4. The molecule has 2 aliphatic rings. The van der Waals surface area contributed by atoms with Crippen molar-refractivity contribution in [3.8, 4) is 0 Å². The average Bonchev–Trinajstić information content (AvgIpc) is 3.12. The molecule has 2 rings (SSSR count). The van der Waals surface area contributed by atoms with Crippen LogP contribution in [0.3, 0.4) is 0 Å². The van der Waals surface area contributed by atoms with Gasteiger partial charge in [0.2, 0.25) is 0 Å². The molecule has 2 aliphatic heterocycles. The zero-order chi connectivity index (χ0) is 18.9. The molecular formula is C18H34O8. The first-order chi connectivity index (χ1) is 12.6. The van der Waals surface area contributed by atoms with Crippen molar-refractivity contribution in [2.75, 3.05) is 19.8 Å². The molecule has 0 aromatic carbocycles. The van der Waals surface area contributed by atoms with E-state index < -0.39 is 43.6 Å². The molecule has 0 saturated carbocycles. The summed E-state index contributed by atoms with van der Waals surface area (Å²) in [6.07, 6.45) is 1.32. The predicted octanol–water partition coefficient (Wildman–Crippen LogP) is 0.295. The van der Waals surface area contributed by atoms with Crippen molar-refractivity contribution in [2.24, 2.45) is 0 Å². The molecule has 0 spiro atoms. The molecule has 8 heteroatoms. The Balaban J connectivity index is 1.59. The highest BCUT2D eigenvalue weighted by Gasteiger charge is 2.44. The van der Waals surface area contributed by atoms with Crippen molar-refractivity contribution >= 4 is 0 Å². The van der Waals surface area contributed by atoms with Crippen LogP contribution in [0.5, 0.6) is 0 Å². The molecule has 26 heavy (non-hydrogen) atoms. The summed E-state index contributed by atoms with van der Waals surface area (Å²) in [4.78, 5) is 0. The van der Waals surface area contributed by atoms with Gasteiger partial charge in [-0.05, 0) is 6.42 Å². The SMILES string of the molecule is CCCCCCCCO[C@H]1O[C@H](CO[C@H]2O[C@H](CO)[C@@H](O)[C@@H]2O)C[C@@H]1O. The average molecular weight is 378 g/mol. The van der Waals surface area contributed by atoms with Crippen LogP contribution < -0.4 is 0 Å². The summed E-state index contributed by atoms with van der Waals surface area (Å²) in [5.41, 5.74) is 0. The third-order valence-electron chi connectivity index (χ3n) is 4.87. The predicted molar refractivity (Wildman–Crippen MR) is 92.3 cm³/mol. The summed E-state index contributed by atoms with van der Waals surface area (Å²) in [6.45, 7) is 2.44. The Morgan fingerprint density at radius 2 is 1.62 bits per heavy atom. The summed E-state index contributed by atoms with van der Waals surface area (Å²) in [7, 11) is 0. The third-order valence-corrected chi connectivity index (χ3v) is 4.87. The summed E-state index contributed by atoms with van der Waals surface area (Å²) in [5.74, 6) is 0. The Morgan fingerprint density at radius 3 is 2.31 bits per heavy atom. The van der Waals surface area contributed by atoms with E-state index in [2.05, 4.69) is 6.92 Å². The van der Waals surface area contributed by atoms with E-state index in [1.807, 2.05) is 0 Å². The topological polar surface area (TPSA) is 118 Å². The molecule has 0 amide bonds. The van der Waals surface area contributed by atoms with E-state index in [9.17, 15) is 15.3 Å². The van der Waals surface area contributed by atoms with Crippen LogP contribution in [0, 0.1) is 0 Å². The lowest BCUT2D eigenvalue weighted by Crippen LogP contribution is -2.35. The molecule has 0 aromatic heterocycles. The lowest BCUT2D eigenvalue weighted by Gasteiger charge is -2.19. The molecule has 154 valence electrons. The smallest absolute Gasteiger partial charge is 0.186 e. The molecule has 0 unspecified atom stereocenters. The highest BCUT2D eigenvalue weighted by molar-refractivity contribution is 4.86. The van der Waals surface area contributed by atoms with Gasteiger partial charge in [-0.15, -0.1) is 0 Å². The van der Waals surface area contributed by atoms with Gasteiger partial charge in [-0.25, -0.2) is 0 Å². The lowest BCUT2D eigenvalue weighted by atomic mass is 10.1. The number of ether oxygens (including phenoxy) is 4. The minimum atomic E-state index is -1.22. The van der Waals surface area contributed by atoms with Gasteiger partial charge in [0, 0.05) is 13.0 Å². The summed E-state index contributed by atoms with van der Waals surface area (Å²) in [6, 6.07) is 0. The second-order valence-corrected chi connectivity index (χ2v) is 7.11. The monoisotopic (exact) mass is 378 g/mol. The van der Waals surface area contributed by atoms with Crippen LogP contribution in [0.25, 0.3) is 0 Å². The highest BCUT2D eigenvalue weighted by atomic mass is 16.7. The number of unbranched alkanes of at least 4 members (excludes halogenated alkanes) is 5. The normalized spacial score (nSPS) is 37.5. The van der Waals surface area contributed by atoms with Gasteiger partial charge in [0.15, 0.2) is 12.6 Å². The van der Waals surface area contributed by atoms with Crippen LogP contribution in [0.15, 0.2) is 0 Å². The first kappa shape index (κ1) is 22.0. The molecule has 0 aliphatic carbocycles.